The number of benzene rings is 2. The third kappa shape index (κ3) is 4.61. The van der Waals surface area contributed by atoms with Crippen LogP contribution < -0.4 is 5.43 Å². The summed E-state index contributed by atoms with van der Waals surface area (Å²) in [5.41, 5.74) is 2.99. The van der Waals surface area contributed by atoms with Gasteiger partial charge < -0.3 is 5.11 Å². The molecule has 0 unspecified atom stereocenters. The van der Waals surface area contributed by atoms with E-state index in [2.05, 4.69) is 42.4 Å². The number of hydrogen-bond acceptors (Lipinski definition) is 3. The maximum absolute atomic E-state index is 13.1. The minimum Gasteiger partial charge on any atom is -0.506 e. The minimum atomic E-state index is -2.95. The average molecular weight is 462 g/mol. The summed E-state index contributed by atoms with van der Waals surface area (Å²) in [4.78, 5) is 11.9. The Labute approximate surface area is 153 Å². The van der Waals surface area contributed by atoms with Gasteiger partial charge in [0.05, 0.1) is 15.2 Å². The molecule has 4 nitrogen and oxygen atoms in total. The first kappa shape index (κ1) is 18.5. The molecule has 2 N–H and O–H groups in total. The van der Waals surface area contributed by atoms with Crippen molar-refractivity contribution in [3.8, 4) is 5.75 Å². The van der Waals surface area contributed by atoms with Gasteiger partial charge in [-0.1, -0.05) is 12.1 Å². The average Bonchev–Trinajstić information content (AvgIpc) is 2.51. The largest absolute Gasteiger partial charge is 0.506 e. The highest BCUT2D eigenvalue weighted by molar-refractivity contribution is 9.11. The second-order valence-corrected chi connectivity index (χ2v) is 6.71. The fourth-order valence-corrected chi connectivity index (χ4v) is 3.03. The van der Waals surface area contributed by atoms with E-state index in [0.29, 0.717) is 14.5 Å². The predicted octanol–water partition coefficient (Wildman–Crippen LogP) is 4.79. The topological polar surface area (TPSA) is 61.7 Å². The van der Waals surface area contributed by atoms with Crippen LogP contribution in [0.1, 0.15) is 28.4 Å². The Morgan fingerprint density at radius 2 is 1.75 bits per heavy atom. The van der Waals surface area contributed by atoms with Crippen molar-refractivity contribution in [2.24, 2.45) is 5.10 Å². The molecule has 0 spiro atoms. The predicted molar refractivity (Wildman–Crippen MR) is 94.6 cm³/mol. The van der Waals surface area contributed by atoms with E-state index in [-0.39, 0.29) is 16.9 Å². The van der Waals surface area contributed by atoms with Crippen LogP contribution in [-0.2, 0) is 5.92 Å². The van der Waals surface area contributed by atoms with E-state index >= 15 is 0 Å². The first-order valence-corrected chi connectivity index (χ1v) is 8.27. The molecule has 24 heavy (non-hydrogen) atoms. The Morgan fingerprint density at radius 1 is 1.21 bits per heavy atom. The van der Waals surface area contributed by atoms with Gasteiger partial charge in [0, 0.05) is 18.1 Å². The molecule has 0 atom stereocenters. The van der Waals surface area contributed by atoms with Crippen molar-refractivity contribution in [1.29, 1.82) is 0 Å². The van der Waals surface area contributed by atoms with E-state index in [0.717, 1.165) is 6.92 Å². The highest BCUT2D eigenvalue weighted by atomic mass is 79.9. The van der Waals surface area contributed by atoms with Gasteiger partial charge in [0.2, 0.25) is 0 Å². The Hall–Kier alpha value is -1.80. The van der Waals surface area contributed by atoms with Crippen LogP contribution in [0.4, 0.5) is 8.78 Å². The zero-order valence-corrected chi connectivity index (χ0v) is 15.5. The fourth-order valence-electron chi connectivity index (χ4n) is 1.80. The number of aromatic hydroxyl groups is 1. The molecule has 0 aliphatic rings. The molecule has 0 aliphatic carbocycles. The van der Waals surface area contributed by atoms with Crippen LogP contribution in [0.3, 0.4) is 0 Å². The Morgan fingerprint density at radius 3 is 2.25 bits per heavy atom. The molecular weight excluding hydrogens is 450 g/mol. The van der Waals surface area contributed by atoms with Crippen molar-refractivity contribution in [2.75, 3.05) is 0 Å². The zero-order valence-electron chi connectivity index (χ0n) is 12.4. The molecule has 0 aliphatic heterocycles. The van der Waals surface area contributed by atoms with Crippen molar-refractivity contribution in [3.63, 3.8) is 0 Å². The summed E-state index contributed by atoms with van der Waals surface area (Å²) in [6.45, 7) is 0.792. The van der Waals surface area contributed by atoms with Crippen LogP contribution in [0.2, 0.25) is 0 Å². The number of nitrogens with one attached hydrogen (secondary N) is 1. The monoisotopic (exact) mass is 460 g/mol. The summed E-state index contributed by atoms with van der Waals surface area (Å²) >= 11 is 6.37. The first-order chi connectivity index (χ1) is 11.2. The smallest absolute Gasteiger partial charge is 0.271 e. The van der Waals surface area contributed by atoms with Gasteiger partial charge in [-0.2, -0.15) is 5.10 Å². The number of alkyl halides is 2. The SMILES string of the molecule is CC(F)(F)c1ccc(C(=O)N/N=C/c2cc(Br)c(O)c(Br)c2)cc1. The Bertz CT molecular complexity index is 765. The second kappa shape index (κ2) is 7.40. The number of rotatable bonds is 4. The van der Waals surface area contributed by atoms with Gasteiger partial charge >= 0.3 is 0 Å². The molecule has 0 heterocycles. The summed E-state index contributed by atoms with van der Waals surface area (Å²) in [6, 6.07) is 8.26. The van der Waals surface area contributed by atoms with Gasteiger partial charge in [0.1, 0.15) is 5.75 Å². The quantitative estimate of drug-likeness (QED) is 0.507. The van der Waals surface area contributed by atoms with E-state index in [9.17, 15) is 18.7 Å². The van der Waals surface area contributed by atoms with Crippen LogP contribution in [0.5, 0.6) is 5.75 Å². The molecule has 0 bridgehead atoms. The molecule has 126 valence electrons. The van der Waals surface area contributed by atoms with E-state index in [1.54, 1.807) is 12.1 Å². The number of carbonyl (C=O) groups is 1. The number of nitrogens with zero attached hydrogens (tertiary/aromatic N) is 1. The summed E-state index contributed by atoms with van der Waals surface area (Å²) in [5, 5.41) is 13.4. The number of carbonyl (C=O) groups excluding carboxylic acids is 1. The molecule has 1 amide bonds. The highest BCUT2D eigenvalue weighted by Gasteiger charge is 2.24. The lowest BCUT2D eigenvalue weighted by Gasteiger charge is -2.10. The summed E-state index contributed by atoms with van der Waals surface area (Å²) in [7, 11) is 0. The van der Waals surface area contributed by atoms with Crippen LogP contribution in [0, 0.1) is 0 Å². The highest BCUT2D eigenvalue weighted by Crippen LogP contribution is 2.32. The fraction of sp³-hybridized carbons (Fsp3) is 0.125. The van der Waals surface area contributed by atoms with Gasteiger partial charge in [0.15, 0.2) is 0 Å². The molecule has 2 rings (SSSR count). The van der Waals surface area contributed by atoms with E-state index in [1.807, 2.05) is 0 Å². The van der Waals surface area contributed by atoms with Crippen molar-refractivity contribution < 1.29 is 18.7 Å². The molecule has 8 heteroatoms. The lowest BCUT2D eigenvalue weighted by Crippen LogP contribution is -2.18. The summed E-state index contributed by atoms with van der Waals surface area (Å²) in [5.74, 6) is -3.41. The first-order valence-electron chi connectivity index (χ1n) is 6.68. The van der Waals surface area contributed by atoms with Gasteiger partial charge in [-0.25, -0.2) is 14.2 Å². The third-order valence-electron chi connectivity index (χ3n) is 3.07. The molecule has 0 radical (unpaired) electrons. The number of phenols is 1. The number of amides is 1. The third-order valence-corrected chi connectivity index (χ3v) is 4.28. The molecule has 2 aromatic carbocycles. The number of phenolic OH excluding ortho intramolecular Hbond substituents is 1. The molecule has 2 aromatic rings. The maximum atomic E-state index is 13.1. The molecule has 0 fully saturated rings. The number of hydrazone groups is 1. The van der Waals surface area contributed by atoms with Crippen LogP contribution in [0.25, 0.3) is 0 Å². The lowest BCUT2D eigenvalue weighted by molar-refractivity contribution is 0.0174. The zero-order chi connectivity index (χ0) is 17.9. The van der Waals surface area contributed by atoms with Crippen LogP contribution in [-0.4, -0.2) is 17.2 Å². The van der Waals surface area contributed by atoms with Crippen molar-refractivity contribution in [3.05, 3.63) is 62.0 Å². The van der Waals surface area contributed by atoms with Crippen molar-refractivity contribution in [2.45, 2.75) is 12.8 Å². The van der Waals surface area contributed by atoms with Crippen molar-refractivity contribution >= 4 is 44.0 Å². The standard InChI is InChI=1S/C16H12Br2F2N2O2/c1-16(19,20)11-4-2-10(3-5-11)15(24)22-21-8-9-6-12(17)14(23)13(18)7-9/h2-8,23H,1H3,(H,22,24)/b21-8+. The van der Waals surface area contributed by atoms with E-state index in [1.165, 1.54) is 30.5 Å². The maximum Gasteiger partial charge on any atom is 0.271 e. The molecule has 0 aromatic heterocycles. The van der Waals surface area contributed by atoms with Gasteiger partial charge in [-0.15, -0.1) is 0 Å². The van der Waals surface area contributed by atoms with Crippen LogP contribution >= 0.6 is 31.9 Å². The van der Waals surface area contributed by atoms with E-state index in [4.69, 9.17) is 0 Å². The summed E-state index contributed by atoms with van der Waals surface area (Å²) < 4.78 is 27.2. The Balaban J connectivity index is 2.05. The number of halogens is 4. The van der Waals surface area contributed by atoms with Gasteiger partial charge in [-0.05, 0) is 61.7 Å². The normalized spacial score (nSPS) is 11.7. The summed E-state index contributed by atoms with van der Waals surface area (Å²) in [6.07, 6.45) is 1.39. The van der Waals surface area contributed by atoms with Crippen LogP contribution in [0.15, 0.2) is 50.4 Å². The molecular formula is C16H12Br2F2N2O2. The lowest BCUT2D eigenvalue weighted by atomic mass is 10.1. The molecule has 0 saturated heterocycles. The molecule has 0 saturated carbocycles. The second-order valence-electron chi connectivity index (χ2n) is 5.00. The van der Waals surface area contributed by atoms with E-state index < -0.39 is 11.8 Å². The van der Waals surface area contributed by atoms with Crippen molar-refractivity contribution in [1.82, 2.24) is 5.43 Å². The Kier molecular flexibility index (Phi) is 5.71. The van der Waals surface area contributed by atoms with Gasteiger partial charge in [0.25, 0.3) is 11.8 Å². The number of hydrogen-bond donors (Lipinski definition) is 2. The van der Waals surface area contributed by atoms with Gasteiger partial charge in [-0.3, -0.25) is 4.79 Å². The minimum absolute atomic E-state index is 0.0593.